The third kappa shape index (κ3) is 1.96. The molecular weight excluding hydrogens is 172 g/mol. The van der Waals surface area contributed by atoms with Gasteiger partial charge in [0.05, 0.1) is 11.4 Å². The number of aromatic nitrogens is 1. The van der Waals surface area contributed by atoms with Crippen molar-refractivity contribution in [3.8, 4) is 0 Å². The summed E-state index contributed by atoms with van der Waals surface area (Å²) in [4.78, 5) is 8.64. The average molecular weight is 184 g/mol. The summed E-state index contributed by atoms with van der Waals surface area (Å²) in [5.41, 5.74) is 3.10. The molecule has 2 rings (SSSR count). The summed E-state index contributed by atoms with van der Waals surface area (Å²) in [6, 6.07) is 5.86. The van der Waals surface area contributed by atoms with Crippen molar-refractivity contribution in [1.82, 2.24) is 4.98 Å². The molecule has 1 aromatic heterocycles. The molecule has 0 saturated heterocycles. The molecule has 0 amide bonds. The Morgan fingerprint density at radius 2 is 2.14 bits per heavy atom. The molecule has 1 aliphatic heterocycles. The maximum absolute atomic E-state index is 4.38. The first-order chi connectivity index (χ1) is 6.86. The molecular formula is C12H12N2. The molecule has 0 fully saturated rings. The largest absolute Gasteiger partial charge is 0.255 e. The van der Waals surface area contributed by atoms with Crippen LogP contribution >= 0.6 is 0 Å². The number of hydrogen-bond donors (Lipinski definition) is 0. The van der Waals surface area contributed by atoms with Gasteiger partial charge in [-0.25, -0.2) is 0 Å². The summed E-state index contributed by atoms with van der Waals surface area (Å²) in [5.74, 6) is 0. The standard InChI is InChI=1S/C12H12N2/c1-10-5-4-7-12(14-9-10)11-6-2-3-8-13-11/h2-3,5-9H,4H2,1H3. The van der Waals surface area contributed by atoms with Crippen molar-refractivity contribution in [2.75, 3.05) is 0 Å². The van der Waals surface area contributed by atoms with Gasteiger partial charge in [-0.05, 0) is 31.1 Å². The third-order valence-corrected chi connectivity index (χ3v) is 2.09. The monoisotopic (exact) mass is 184 g/mol. The third-order valence-electron chi connectivity index (χ3n) is 2.09. The molecule has 0 unspecified atom stereocenters. The smallest absolute Gasteiger partial charge is 0.0882 e. The SMILES string of the molecule is CC1=CCC=C(c2ccccn2)N=C1. The molecule has 2 heterocycles. The van der Waals surface area contributed by atoms with E-state index in [4.69, 9.17) is 0 Å². The Balaban J connectivity index is 2.30. The van der Waals surface area contributed by atoms with Crippen LogP contribution in [0.15, 0.2) is 47.1 Å². The normalized spacial score (nSPS) is 15.8. The van der Waals surface area contributed by atoms with Gasteiger partial charge in [0.15, 0.2) is 0 Å². The van der Waals surface area contributed by atoms with E-state index in [0.29, 0.717) is 0 Å². The van der Waals surface area contributed by atoms with E-state index in [1.807, 2.05) is 24.4 Å². The van der Waals surface area contributed by atoms with Crippen LogP contribution in [0.5, 0.6) is 0 Å². The van der Waals surface area contributed by atoms with Crippen molar-refractivity contribution in [2.45, 2.75) is 13.3 Å². The van der Waals surface area contributed by atoms with Crippen LogP contribution in [-0.4, -0.2) is 11.2 Å². The number of allylic oxidation sites excluding steroid dienone is 3. The Morgan fingerprint density at radius 1 is 1.21 bits per heavy atom. The van der Waals surface area contributed by atoms with E-state index in [1.54, 1.807) is 6.20 Å². The van der Waals surface area contributed by atoms with Crippen LogP contribution in [0.25, 0.3) is 5.70 Å². The molecule has 0 aromatic carbocycles. The molecule has 70 valence electrons. The predicted molar refractivity (Wildman–Crippen MR) is 59.1 cm³/mol. The molecule has 2 nitrogen and oxygen atoms in total. The number of rotatable bonds is 1. The Morgan fingerprint density at radius 3 is 2.93 bits per heavy atom. The van der Waals surface area contributed by atoms with Crippen molar-refractivity contribution < 1.29 is 0 Å². The van der Waals surface area contributed by atoms with E-state index in [2.05, 4.69) is 29.1 Å². The molecule has 0 N–H and O–H groups in total. The molecule has 1 aliphatic rings. The van der Waals surface area contributed by atoms with E-state index in [0.717, 1.165) is 17.8 Å². The first-order valence-corrected chi connectivity index (χ1v) is 4.68. The average Bonchev–Trinajstić information content (AvgIpc) is 2.44. The number of hydrogen-bond acceptors (Lipinski definition) is 2. The van der Waals surface area contributed by atoms with Crippen molar-refractivity contribution >= 4 is 11.9 Å². The summed E-state index contributed by atoms with van der Waals surface area (Å²) >= 11 is 0. The second-order valence-electron chi connectivity index (χ2n) is 3.25. The van der Waals surface area contributed by atoms with E-state index in [1.165, 1.54) is 5.57 Å². The zero-order valence-corrected chi connectivity index (χ0v) is 8.14. The number of aliphatic imine (C=N–C) groups is 1. The molecule has 0 bridgehead atoms. The molecule has 0 saturated carbocycles. The topological polar surface area (TPSA) is 25.2 Å². The van der Waals surface area contributed by atoms with E-state index < -0.39 is 0 Å². The lowest BCUT2D eigenvalue weighted by molar-refractivity contribution is 1.24. The molecule has 0 radical (unpaired) electrons. The predicted octanol–water partition coefficient (Wildman–Crippen LogP) is 2.84. The van der Waals surface area contributed by atoms with Crippen molar-refractivity contribution in [3.05, 3.63) is 47.8 Å². The first kappa shape index (κ1) is 8.88. The minimum atomic E-state index is 0.928. The first-order valence-electron chi connectivity index (χ1n) is 4.68. The van der Waals surface area contributed by atoms with Crippen LogP contribution in [0.4, 0.5) is 0 Å². The van der Waals surface area contributed by atoms with Crippen LogP contribution in [0.3, 0.4) is 0 Å². The molecule has 0 atom stereocenters. The highest BCUT2D eigenvalue weighted by Crippen LogP contribution is 2.16. The second kappa shape index (κ2) is 4.01. The van der Waals surface area contributed by atoms with Gasteiger partial charge in [-0.1, -0.05) is 18.2 Å². The van der Waals surface area contributed by atoms with Crippen LogP contribution in [-0.2, 0) is 0 Å². The van der Waals surface area contributed by atoms with Crippen molar-refractivity contribution in [2.24, 2.45) is 4.99 Å². The van der Waals surface area contributed by atoms with Gasteiger partial charge in [-0.15, -0.1) is 0 Å². The van der Waals surface area contributed by atoms with Gasteiger partial charge >= 0.3 is 0 Å². The van der Waals surface area contributed by atoms with Gasteiger partial charge in [-0.3, -0.25) is 9.98 Å². The minimum Gasteiger partial charge on any atom is -0.255 e. The van der Waals surface area contributed by atoms with E-state index >= 15 is 0 Å². The summed E-state index contributed by atoms with van der Waals surface area (Å²) < 4.78 is 0. The number of nitrogens with zero attached hydrogens (tertiary/aromatic N) is 2. The van der Waals surface area contributed by atoms with Gasteiger partial charge in [-0.2, -0.15) is 0 Å². The maximum atomic E-state index is 4.38. The number of pyridine rings is 1. The van der Waals surface area contributed by atoms with Crippen LogP contribution in [0.1, 0.15) is 19.0 Å². The Bertz CT molecular complexity index is 400. The fourth-order valence-electron chi connectivity index (χ4n) is 1.32. The zero-order chi connectivity index (χ0) is 9.80. The summed E-state index contributed by atoms with van der Waals surface area (Å²) in [5, 5.41) is 0. The molecule has 0 spiro atoms. The molecule has 1 aromatic rings. The molecule has 0 aliphatic carbocycles. The summed E-state index contributed by atoms with van der Waals surface area (Å²) in [6.07, 6.45) is 8.84. The highest BCUT2D eigenvalue weighted by atomic mass is 14.8. The van der Waals surface area contributed by atoms with Gasteiger partial charge < -0.3 is 0 Å². The van der Waals surface area contributed by atoms with Gasteiger partial charge in [0.2, 0.25) is 0 Å². The Kier molecular flexibility index (Phi) is 2.54. The van der Waals surface area contributed by atoms with Gasteiger partial charge in [0.1, 0.15) is 0 Å². The second-order valence-corrected chi connectivity index (χ2v) is 3.25. The molecule has 14 heavy (non-hydrogen) atoms. The Labute approximate surface area is 83.7 Å². The summed E-state index contributed by atoms with van der Waals surface area (Å²) in [6.45, 7) is 2.05. The van der Waals surface area contributed by atoms with Crippen LogP contribution in [0.2, 0.25) is 0 Å². The maximum Gasteiger partial charge on any atom is 0.0882 e. The lowest BCUT2D eigenvalue weighted by atomic mass is 10.2. The van der Waals surface area contributed by atoms with Gasteiger partial charge in [0.25, 0.3) is 0 Å². The highest BCUT2D eigenvalue weighted by molar-refractivity contribution is 5.84. The van der Waals surface area contributed by atoms with Gasteiger partial charge in [0, 0.05) is 12.4 Å². The quantitative estimate of drug-likeness (QED) is 0.658. The summed E-state index contributed by atoms with van der Waals surface area (Å²) in [7, 11) is 0. The van der Waals surface area contributed by atoms with Crippen LogP contribution < -0.4 is 0 Å². The van der Waals surface area contributed by atoms with Crippen LogP contribution in [0, 0.1) is 0 Å². The molecule has 2 heteroatoms. The van der Waals surface area contributed by atoms with E-state index in [-0.39, 0.29) is 0 Å². The fraction of sp³-hybridized carbons (Fsp3) is 0.167. The van der Waals surface area contributed by atoms with Crippen molar-refractivity contribution in [3.63, 3.8) is 0 Å². The highest BCUT2D eigenvalue weighted by Gasteiger charge is 2.00. The zero-order valence-electron chi connectivity index (χ0n) is 8.14. The van der Waals surface area contributed by atoms with E-state index in [9.17, 15) is 0 Å². The Hall–Kier alpha value is -1.70. The minimum absolute atomic E-state index is 0.928. The van der Waals surface area contributed by atoms with Crippen molar-refractivity contribution in [1.29, 1.82) is 0 Å². The lowest BCUT2D eigenvalue weighted by Gasteiger charge is -1.98. The lowest BCUT2D eigenvalue weighted by Crippen LogP contribution is -1.85. The fourth-order valence-corrected chi connectivity index (χ4v) is 1.32.